The quantitative estimate of drug-likeness (QED) is 0.523. The third-order valence-corrected chi connectivity index (χ3v) is 4.46. The minimum Gasteiger partial charge on any atom is -0.465 e. The first kappa shape index (κ1) is 19.7. The Balaban J connectivity index is 2.11. The average Bonchev–Trinajstić information content (AvgIpc) is 3.12. The number of ether oxygens (including phenoxy) is 1. The largest absolute Gasteiger partial charge is 0.465 e. The van der Waals surface area contributed by atoms with Crippen LogP contribution >= 0.6 is 11.6 Å². The highest BCUT2D eigenvalue weighted by atomic mass is 35.5. The zero-order chi connectivity index (χ0) is 20.4. The van der Waals surface area contributed by atoms with Crippen molar-refractivity contribution in [2.75, 3.05) is 7.11 Å². The lowest BCUT2D eigenvalue weighted by molar-refractivity contribution is 0.0596. The van der Waals surface area contributed by atoms with Crippen LogP contribution in [0, 0.1) is 5.82 Å². The summed E-state index contributed by atoms with van der Waals surface area (Å²) >= 11 is 5.82. The van der Waals surface area contributed by atoms with Crippen molar-refractivity contribution in [1.82, 2.24) is 9.78 Å². The van der Waals surface area contributed by atoms with E-state index in [4.69, 9.17) is 16.3 Å². The molecule has 144 valence electrons. The van der Waals surface area contributed by atoms with Crippen molar-refractivity contribution in [1.29, 1.82) is 0 Å². The van der Waals surface area contributed by atoms with Crippen LogP contribution in [0.5, 0.6) is 0 Å². The van der Waals surface area contributed by atoms with Gasteiger partial charge in [-0.2, -0.15) is 5.10 Å². The molecule has 0 saturated carbocycles. The fourth-order valence-electron chi connectivity index (χ4n) is 2.81. The van der Waals surface area contributed by atoms with Crippen LogP contribution in [0.4, 0.5) is 4.39 Å². The van der Waals surface area contributed by atoms with E-state index in [0.717, 1.165) is 13.2 Å². The molecule has 0 radical (unpaired) electrons. The van der Waals surface area contributed by atoms with Gasteiger partial charge in [0, 0.05) is 29.4 Å². The molecule has 6 nitrogen and oxygen atoms in total. The first-order chi connectivity index (χ1) is 13.3. The van der Waals surface area contributed by atoms with Crippen LogP contribution in [0.15, 0.2) is 48.8 Å². The van der Waals surface area contributed by atoms with E-state index < -0.39 is 29.2 Å². The third kappa shape index (κ3) is 3.81. The van der Waals surface area contributed by atoms with E-state index in [2.05, 4.69) is 5.10 Å². The van der Waals surface area contributed by atoms with Crippen molar-refractivity contribution < 1.29 is 23.8 Å². The second kappa shape index (κ2) is 7.92. The minimum absolute atomic E-state index is 0.0959. The van der Waals surface area contributed by atoms with Crippen LogP contribution in [0.2, 0.25) is 5.02 Å². The molecule has 0 amide bonds. The molecule has 0 aliphatic carbocycles. The van der Waals surface area contributed by atoms with Crippen molar-refractivity contribution >= 4 is 23.4 Å². The number of rotatable bonds is 5. The number of methoxy groups -OCH3 is 1. The molecular weight excluding hydrogens is 387 g/mol. The molecule has 3 aromatic rings. The van der Waals surface area contributed by atoms with Crippen LogP contribution in [0.1, 0.15) is 43.5 Å². The summed E-state index contributed by atoms with van der Waals surface area (Å²) < 4.78 is 21.1. The Morgan fingerprint density at radius 2 is 1.89 bits per heavy atom. The summed E-state index contributed by atoms with van der Waals surface area (Å²) in [5.41, 5.74) is -0.0428. The highest BCUT2D eigenvalue weighted by Crippen LogP contribution is 2.28. The van der Waals surface area contributed by atoms with Gasteiger partial charge in [0.1, 0.15) is 11.9 Å². The third-order valence-electron chi connectivity index (χ3n) is 4.21. The summed E-state index contributed by atoms with van der Waals surface area (Å²) in [4.78, 5) is 25.0. The van der Waals surface area contributed by atoms with Gasteiger partial charge < -0.3 is 9.84 Å². The lowest BCUT2D eigenvalue weighted by atomic mass is 9.93. The number of aliphatic hydroxyl groups excluding tert-OH is 1. The number of ketones is 1. The number of aromatic nitrogens is 2. The van der Waals surface area contributed by atoms with Gasteiger partial charge in [0.2, 0.25) is 0 Å². The molecule has 0 spiro atoms. The van der Waals surface area contributed by atoms with Crippen LogP contribution in [0.25, 0.3) is 0 Å². The molecular formula is C20H16ClFN2O4. The number of hydrogen-bond donors (Lipinski definition) is 1. The molecule has 1 N–H and O–H groups in total. The SMILES string of the molecule is COC(=O)c1cc(C(O)c2cnn(C)c2)cc(F)c1C(=O)c1ccc(Cl)cc1. The number of esters is 1. The number of hydrogen-bond acceptors (Lipinski definition) is 5. The van der Waals surface area contributed by atoms with Gasteiger partial charge in [0.05, 0.1) is 24.4 Å². The maximum absolute atomic E-state index is 14.9. The maximum atomic E-state index is 14.9. The van der Waals surface area contributed by atoms with E-state index in [-0.39, 0.29) is 16.7 Å². The fraction of sp³-hybridized carbons (Fsp3) is 0.150. The Hall–Kier alpha value is -3.03. The van der Waals surface area contributed by atoms with Crippen LogP contribution in [0.3, 0.4) is 0 Å². The summed E-state index contributed by atoms with van der Waals surface area (Å²) in [7, 11) is 2.80. The second-order valence-corrected chi connectivity index (χ2v) is 6.54. The predicted octanol–water partition coefficient (Wildman–Crippen LogP) is 3.31. The van der Waals surface area contributed by atoms with Crippen LogP contribution < -0.4 is 0 Å². The van der Waals surface area contributed by atoms with Crippen molar-refractivity contribution in [3.05, 3.63) is 87.4 Å². The molecule has 3 rings (SSSR count). The van der Waals surface area contributed by atoms with Crippen molar-refractivity contribution in [2.45, 2.75) is 6.10 Å². The van der Waals surface area contributed by atoms with E-state index in [1.165, 1.54) is 41.2 Å². The Labute approximate surface area is 165 Å². The van der Waals surface area contributed by atoms with Gasteiger partial charge in [0.15, 0.2) is 5.78 Å². The molecule has 0 fully saturated rings. The van der Waals surface area contributed by atoms with E-state index in [1.54, 1.807) is 13.2 Å². The minimum atomic E-state index is -1.23. The summed E-state index contributed by atoms with van der Waals surface area (Å²) in [5.74, 6) is -2.53. The highest BCUT2D eigenvalue weighted by molar-refractivity contribution is 6.30. The molecule has 0 saturated heterocycles. The monoisotopic (exact) mass is 402 g/mol. The summed E-state index contributed by atoms with van der Waals surface area (Å²) in [6.07, 6.45) is 1.76. The molecule has 28 heavy (non-hydrogen) atoms. The Morgan fingerprint density at radius 3 is 2.46 bits per heavy atom. The summed E-state index contributed by atoms with van der Waals surface area (Å²) in [6, 6.07) is 8.12. The van der Waals surface area contributed by atoms with Crippen molar-refractivity contribution in [3.8, 4) is 0 Å². The molecule has 1 heterocycles. The zero-order valence-corrected chi connectivity index (χ0v) is 15.8. The predicted molar refractivity (Wildman–Crippen MR) is 99.9 cm³/mol. The van der Waals surface area contributed by atoms with E-state index in [9.17, 15) is 19.1 Å². The standard InChI is InChI=1S/C20H16ClFN2O4/c1-24-10-13(9-23-24)18(25)12-7-15(20(27)28-2)17(16(22)8-12)19(26)11-3-5-14(21)6-4-11/h3-10,18,25H,1-2H3. The van der Waals surface area contributed by atoms with Gasteiger partial charge in [-0.05, 0) is 42.0 Å². The number of nitrogens with zero attached hydrogens (tertiary/aromatic N) is 2. The van der Waals surface area contributed by atoms with Crippen molar-refractivity contribution in [2.24, 2.45) is 7.05 Å². The zero-order valence-electron chi connectivity index (χ0n) is 15.0. The normalized spacial score (nSPS) is 11.9. The number of halogens is 2. The smallest absolute Gasteiger partial charge is 0.338 e. The van der Waals surface area contributed by atoms with Crippen LogP contribution in [-0.4, -0.2) is 33.7 Å². The number of carbonyl (C=O) groups excluding carboxylic acids is 2. The average molecular weight is 403 g/mol. The van der Waals surface area contributed by atoms with E-state index in [1.807, 2.05) is 0 Å². The van der Waals surface area contributed by atoms with Gasteiger partial charge in [-0.3, -0.25) is 9.48 Å². The molecule has 8 heteroatoms. The van der Waals surface area contributed by atoms with Gasteiger partial charge in [-0.15, -0.1) is 0 Å². The highest BCUT2D eigenvalue weighted by Gasteiger charge is 2.26. The van der Waals surface area contributed by atoms with Gasteiger partial charge in [-0.25, -0.2) is 9.18 Å². The Bertz CT molecular complexity index is 1050. The molecule has 0 bridgehead atoms. The first-order valence-corrected chi connectivity index (χ1v) is 8.58. The van der Waals surface area contributed by atoms with E-state index in [0.29, 0.717) is 10.6 Å². The first-order valence-electron chi connectivity index (χ1n) is 8.20. The molecule has 0 aliphatic heterocycles. The topological polar surface area (TPSA) is 81.4 Å². The van der Waals surface area contributed by atoms with Gasteiger partial charge >= 0.3 is 5.97 Å². The second-order valence-electron chi connectivity index (χ2n) is 6.10. The molecule has 1 unspecified atom stereocenters. The van der Waals surface area contributed by atoms with Gasteiger partial charge in [0.25, 0.3) is 0 Å². The lowest BCUT2D eigenvalue weighted by Gasteiger charge is -2.14. The Morgan fingerprint density at radius 1 is 1.21 bits per heavy atom. The lowest BCUT2D eigenvalue weighted by Crippen LogP contribution is -2.15. The van der Waals surface area contributed by atoms with Gasteiger partial charge in [-0.1, -0.05) is 11.6 Å². The molecule has 1 atom stereocenters. The molecule has 2 aromatic carbocycles. The van der Waals surface area contributed by atoms with E-state index >= 15 is 0 Å². The number of aryl methyl sites for hydroxylation is 1. The Kier molecular flexibility index (Phi) is 5.58. The molecule has 0 aliphatic rings. The number of benzene rings is 2. The summed E-state index contributed by atoms with van der Waals surface area (Å²) in [5, 5.41) is 14.9. The molecule has 1 aromatic heterocycles. The fourth-order valence-corrected chi connectivity index (χ4v) is 2.93. The van der Waals surface area contributed by atoms with Crippen molar-refractivity contribution in [3.63, 3.8) is 0 Å². The number of carbonyl (C=O) groups is 2. The summed E-state index contributed by atoms with van der Waals surface area (Å²) in [6.45, 7) is 0. The van der Waals surface area contributed by atoms with Crippen LogP contribution in [-0.2, 0) is 11.8 Å². The number of aliphatic hydroxyl groups is 1. The maximum Gasteiger partial charge on any atom is 0.338 e.